The van der Waals surface area contributed by atoms with Crippen LogP contribution in [0.5, 0.6) is 11.5 Å². The third-order valence-corrected chi connectivity index (χ3v) is 4.74. The number of rotatable bonds is 4. The van der Waals surface area contributed by atoms with E-state index in [4.69, 9.17) is 9.47 Å². The standard InChI is InChI=1S/C19H22N4O3/c24-19(23-13-5-3-1-2-4-6-13)15-10-18(21-11-20-15)22-14-7-8-16-17(9-14)26-12-25-16/h7-11,13H,1-6,12H2,(H,23,24)(H,20,21,22). The summed E-state index contributed by atoms with van der Waals surface area (Å²) in [6.45, 7) is 0.234. The molecule has 1 aliphatic heterocycles. The van der Waals surface area contributed by atoms with Crippen LogP contribution in [-0.2, 0) is 0 Å². The topological polar surface area (TPSA) is 85.4 Å². The summed E-state index contributed by atoms with van der Waals surface area (Å²) in [5, 5.41) is 6.28. The Morgan fingerprint density at radius 1 is 1.00 bits per heavy atom. The maximum atomic E-state index is 12.5. The minimum atomic E-state index is -0.145. The highest BCUT2D eigenvalue weighted by Crippen LogP contribution is 2.34. The molecule has 4 rings (SSSR count). The number of fused-ring (bicyclic) bond motifs is 1. The predicted molar refractivity (Wildman–Crippen MR) is 96.8 cm³/mol. The van der Waals surface area contributed by atoms with Gasteiger partial charge >= 0.3 is 0 Å². The number of carbonyl (C=O) groups is 1. The number of ether oxygens (including phenoxy) is 2. The number of anilines is 2. The summed E-state index contributed by atoms with van der Waals surface area (Å²) < 4.78 is 10.7. The van der Waals surface area contributed by atoms with Gasteiger partial charge in [-0.25, -0.2) is 9.97 Å². The first-order chi connectivity index (χ1) is 12.8. The fraction of sp³-hybridized carbons (Fsp3) is 0.421. The van der Waals surface area contributed by atoms with Gasteiger partial charge in [-0.15, -0.1) is 0 Å². The van der Waals surface area contributed by atoms with Crippen LogP contribution in [0.3, 0.4) is 0 Å². The zero-order valence-corrected chi connectivity index (χ0v) is 14.5. The van der Waals surface area contributed by atoms with Crippen LogP contribution >= 0.6 is 0 Å². The highest BCUT2D eigenvalue weighted by Gasteiger charge is 2.17. The Kier molecular flexibility index (Phi) is 4.86. The van der Waals surface area contributed by atoms with Gasteiger partial charge in [0.25, 0.3) is 5.91 Å². The zero-order chi connectivity index (χ0) is 17.8. The summed E-state index contributed by atoms with van der Waals surface area (Å²) in [6, 6.07) is 7.46. The van der Waals surface area contributed by atoms with Gasteiger partial charge in [0.15, 0.2) is 11.5 Å². The van der Waals surface area contributed by atoms with Crippen molar-refractivity contribution in [2.45, 2.75) is 44.6 Å². The van der Waals surface area contributed by atoms with Gasteiger partial charge in [-0.05, 0) is 25.0 Å². The van der Waals surface area contributed by atoms with Crippen LogP contribution in [0.2, 0.25) is 0 Å². The monoisotopic (exact) mass is 354 g/mol. The lowest BCUT2D eigenvalue weighted by molar-refractivity contribution is 0.0928. The first-order valence-electron chi connectivity index (χ1n) is 9.07. The first-order valence-corrected chi connectivity index (χ1v) is 9.07. The number of amides is 1. The molecular weight excluding hydrogens is 332 g/mol. The number of hydrogen-bond acceptors (Lipinski definition) is 6. The second-order valence-corrected chi connectivity index (χ2v) is 6.64. The Bertz CT molecular complexity index is 788. The largest absolute Gasteiger partial charge is 0.454 e. The van der Waals surface area contributed by atoms with Crippen LogP contribution in [0.15, 0.2) is 30.6 Å². The normalized spacial score (nSPS) is 16.8. The Labute approximate surface area is 152 Å². The Morgan fingerprint density at radius 2 is 1.81 bits per heavy atom. The average molecular weight is 354 g/mol. The second kappa shape index (κ2) is 7.59. The van der Waals surface area contributed by atoms with Crippen molar-refractivity contribution in [2.75, 3.05) is 12.1 Å². The summed E-state index contributed by atoms with van der Waals surface area (Å²) in [4.78, 5) is 20.8. The summed E-state index contributed by atoms with van der Waals surface area (Å²) in [5.41, 5.74) is 1.18. The number of nitrogens with zero attached hydrogens (tertiary/aromatic N) is 2. The summed E-state index contributed by atoms with van der Waals surface area (Å²) in [6.07, 6.45) is 8.33. The van der Waals surface area contributed by atoms with Crippen molar-refractivity contribution in [3.63, 3.8) is 0 Å². The quantitative estimate of drug-likeness (QED) is 0.819. The minimum Gasteiger partial charge on any atom is -0.454 e. The van der Waals surface area contributed by atoms with E-state index in [-0.39, 0.29) is 18.7 Å². The fourth-order valence-electron chi connectivity index (χ4n) is 3.36. The molecular formula is C19H22N4O3. The molecule has 0 spiro atoms. The molecule has 1 saturated carbocycles. The molecule has 2 aliphatic rings. The van der Waals surface area contributed by atoms with Gasteiger partial charge in [0.05, 0.1) is 0 Å². The molecule has 1 aromatic heterocycles. The molecule has 1 fully saturated rings. The highest BCUT2D eigenvalue weighted by atomic mass is 16.7. The first kappa shape index (κ1) is 16.6. The van der Waals surface area contributed by atoms with Crippen LogP contribution in [0.25, 0.3) is 0 Å². The van der Waals surface area contributed by atoms with Crippen molar-refractivity contribution in [3.8, 4) is 11.5 Å². The molecule has 1 aromatic carbocycles. The Hall–Kier alpha value is -2.83. The molecule has 2 heterocycles. The van der Waals surface area contributed by atoms with Gasteiger partial charge in [0.2, 0.25) is 6.79 Å². The molecule has 0 bridgehead atoms. The van der Waals surface area contributed by atoms with E-state index in [1.165, 1.54) is 32.0 Å². The Morgan fingerprint density at radius 3 is 2.65 bits per heavy atom. The number of nitrogens with one attached hydrogen (secondary N) is 2. The van der Waals surface area contributed by atoms with E-state index in [1.54, 1.807) is 6.07 Å². The molecule has 26 heavy (non-hydrogen) atoms. The lowest BCUT2D eigenvalue weighted by Gasteiger charge is -2.16. The predicted octanol–water partition coefficient (Wildman–Crippen LogP) is 3.40. The van der Waals surface area contributed by atoms with E-state index in [1.807, 2.05) is 18.2 Å². The molecule has 2 N–H and O–H groups in total. The van der Waals surface area contributed by atoms with Crippen molar-refractivity contribution in [2.24, 2.45) is 0 Å². The van der Waals surface area contributed by atoms with E-state index >= 15 is 0 Å². The molecule has 136 valence electrons. The van der Waals surface area contributed by atoms with Gasteiger partial charge in [-0.1, -0.05) is 25.7 Å². The van der Waals surface area contributed by atoms with Crippen molar-refractivity contribution in [1.29, 1.82) is 0 Å². The fourth-order valence-corrected chi connectivity index (χ4v) is 3.36. The van der Waals surface area contributed by atoms with Gasteiger partial charge in [-0.3, -0.25) is 4.79 Å². The van der Waals surface area contributed by atoms with E-state index in [0.29, 0.717) is 17.3 Å². The minimum absolute atomic E-state index is 0.145. The molecule has 2 aromatic rings. The molecule has 1 amide bonds. The van der Waals surface area contributed by atoms with Crippen molar-refractivity contribution in [3.05, 3.63) is 36.3 Å². The number of benzene rings is 1. The smallest absolute Gasteiger partial charge is 0.270 e. The van der Waals surface area contributed by atoms with E-state index in [9.17, 15) is 4.79 Å². The second-order valence-electron chi connectivity index (χ2n) is 6.64. The molecule has 0 atom stereocenters. The number of hydrogen-bond donors (Lipinski definition) is 2. The van der Waals surface area contributed by atoms with Crippen LogP contribution in [0.4, 0.5) is 11.5 Å². The molecule has 7 nitrogen and oxygen atoms in total. The summed E-state index contributed by atoms with van der Waals surface area (Å²) in [5.74, 6) is 1.83. The van der Waals surface area contributed by atoms with Gasteiger partial charge in [0, 0.05) is 23.9 Å². The molecule has 0 radical (unpaired) electrons. The van der Waals surface area contributed by atoms with Crippen LogP contribution < -0.4 is 20.1 Å². The van der Waals surface area contributed by atoms with Gasteiger partial charge in [0.1, 0.15) is 17.8 Å². The molecule has 0 saturated heterocycles. The molecule has 7 heteroatoms. The molecule has 0 unspecified atom stereocenters. The summed E-state index contributed by atoms with van der Waals surface area (Å²) in [7, 11) is 0. The molecule has 1 aliphatic carbocycles. The third kappa shape index (κ3) is 3.87. The van der Waals surface area contributed by atoms with E-state index < -0.39 is 0 Å². The third-order valence-electron chi connectivity index (χ3n) is 4.74. The lowest BCUT2D eigenvalue weighted by Crippen LogP contribution is -2.34. The zero-order valence-electron chi connectivity index (χ0n) is 14.5. The average Bonchev–Trinajstić information content (AvgIpc) is 2.97. The van der Waals surface area contributed by atoms with Crippen molar-refractivity contribution in [1.82, 2.24) is 15.3 Å². The number of carbonyl (C=O) groups excluding carboxylic acids is 1. The van der Waals surface area contributed by atoms with Crippen LogP contribution in [-0.4, -0.2) is 28.7 Å². The Balaban J connectivity index is 1.43. The lowest BCUT2D eigenvalue weighted by atomic mass is 10.1. The maximum absolute atomic E-state index is 12.5. The highest BCUT2D eigenvalue weighted by molar-refractivity contribution is 5.93. The SMILES string of the molecule is O=C(NC1CCCCCC1)c1cc(Nc2ccc3c(c2)OCO3)ncn1. The van der Waals surface area contributed by atoms with Gasteiger partial charge in [-0.2, -0.15) is 0 Å². The summed E-state index contributed by atoms with van der Waals surface area (Å²) >= 11 is 0. The van der Waals surface area contributed by atoms with Crippen LogP contribution in [0, 0.1) is 0 Å². The van der Waals surface area contributed by atoms with Crippen molar-refractivity contribution >= 4 is 17.4 Å². The van der Waals surface area contributed by atoms with E-state index in [2.05, 4.69) is 20.6 Å². The van der Waals surface area contributed by atoms with Crippen LogP contribution in [0.1, 0.15) is 49.0 Å². The maximum Gasteiger partial charge on any atom is 0.270 e. The number of aromatic nitrogens is 2. The van der Waals surface area contributed by atoms with Crippen molar-refractivity contribution < 1.29 is 14.3 Å². The van der Waals surface area contributed by atoms with E-state index in [0.717, 1.165) is 24.3 Å². The van der Waals surface area contributed by atoms with Gasteiger partial charge < -0.3 is 20.1 Å².